The van der Waals surface area contributed by atoms with Crippen molar-refractivity contribution in [2.75, 3.05) is 6.26 Å². The van der Waals surface area contributed by atoms with Crippen molar-refractivity contribution >= 4 is 20.9 Å². The molecule has 1 aromatic heterocycles. The van der Waals surface area contributed by atoms with Gasteiger partial charge in [-0.15, -0.1) is 0 Å². The highest BCUT2D eigenvalue weighted by Crippen LogP contribution is 2.22. The quantitative estimate of drug-likeness (QED) is 0.821. The van der Waals surface area contributed by atoms with E-state index in [9.17, 15) is 13.5 Å². The summed E-state index contributed by atoms with van der Waals surface area (Å²) in [7, 11) is -3.31. The first-order valence-electron chi connectivity index (χ1n) is 4.76. The van der Waals surface area contributed by atoms with E-state index in [1.165, 1.54) is 6.07 Å². The van der Waals surface area contributed by atoms with Gasteiger partial charge in [-0.1, -0.05) is 6.07 Å². The van der Waals surface area contributed by atoms with E-state index in [4.69, 9.17) is 0 Å². The molecule has 0 saturated heterocycles. The average molecular weight is 240 g/mol. The lowest BCUT2D eigenvalue weighted by Gasteiger charge is -1.97. The minimum Gasteiger partial charge on any atom is -0.385 e. The molecule has 0 fully saturated rings. The molecule has 0 amide bonds. The van der Waals surface area contributed by atoms with E-state index >= 15 is 0 Å². The van der Waals surface area contributed by atoms with Crippen molar-refractivity contribution in [2.24, 2.45) is 0 Å². The maximum atomic E-state index is 11.5. The fraction of sp³-hybridized carbons (Fsp3) is 0.300. The van der Waals surface area contributed by atoms with Crippen LogP contribution >= 0.6 is 0 Å². The van der Waals surface area contributed by atoms with Gasteiger partial charge in [0.05, 0.1) is 10.4 Å². The highest BCUT2D eigenvalue weighted by molar-refractivity contribution is 7.91. The summed E-state index contributed by atoms with van der Waals surface area (Å²) >= 11 is 0. The number of aliphatic hydroxyl groups is 1. The van der Waals surface area contributed by atoms with E-state index in [1.54, 1.807) is 19.1 Å². The molecule has 0 aliphatic rings. The largest absolute Gasteiger partial charge is 0.385 e. The summed E-state index contributed by atoms with van der Waals surface area (Å²) in [6.45, 7) is 1.57. The van der Waals surface area contributed by atoms with Gasteiger partial charge in [-0.05, 0) is 19.1 Å². The summed E-state index contributed by atoms with van der Waals surface area (Å²) in [5, 5.41) is 9.38. The Morgan fingerprint density at radius 1 is 1.44 bits per heavy atom. The van der Waals surface area contributed by atoms with Gasteiger partial charge in [0.25, 0.3) is 0 Å². The fourth-order valence-corrected chi connectivity index (χ4v) is 2.35. The van der Waals surface area contributed by atoms with Crippen LogP contribution in [0.4, 0.5) is 0 Å². The van der Waals surface area contributed by atoms with Gasteiger partial charge in [0.2, 0.25) is 0 Å². The number of nitrogens with one attached hydrogen (secondary N) is 1. The topological polar surface area (TPSA) is 83.1 Å². The molecule has 86 valence electrons. The van der Waals surface area contributed by atoms with Crippen molar-refractivity contribution in [3.05, 3.63) is 24.0 Å². The Hall–Kier alpha value is -1.40. The molecule has 2 aromatic rings. The third-order valence-corrected chi connectivity index (χ3v) is 3.42. The van der Waals surface area contributed by atoms with Gasteiger partial charge in [0.15, 0.2) is 9.84 Å². The van der Waals surface area contributed by atoms with Crippen LogP contribution in [0.2, 0.25) is 0 Å². The molecule has 1 heterocycles. The second-order valence-corrected chi connectivity index (χ2v) is 5.71. The van der Waals surface area contributed by atoms with Crippen molar-refractivity contribution < 1.29 is 13.5 Å². The molecule has 2 N–H and O–H groups in total. The molecule has 2 rings (SSSR count). The van der Waals surface area contributed by atoms with E-state index in [0.717, 1.165) is 6.26 Å². The number of hydrogen-bond donors (Lipinski definition) is 2. The number of benzene rings is 1. The summed E-state index contributed by atoms with van der Waals surface area (Å²) in [6, 6.07) is 4.87. The van der Waals surface area contributed by atoms with Gasteiger partial charge in [0, 0.05) is 6.26 Å². The zero-order valence-corrected chi connectivity index (χ0v) is 9.75. The second-order valence-electron chi connectivity index (χ2n) is 3.72. The van der Waals surface area contributed by atoms with Crippen molar-refractivity contribution in [3.63, 3.8) is 0 Å². The molecule has 5 nitrogen and oxygen atoms in total. The predicted octanol–water partition coefficient (Wildman–Crippen LogP) is 1.02. The van der Waals surface area contributed by atoms with Crippen LogP contribution in [0.3, 0.4) is 0 Å². The molecule has 0 radical (unpaired) electrons. The molecule has 1 unspecified atom stereocenters. The Kier molecular flexibility index (Phi) is 2.47. The number of rotatable bonds is 2. The monoisotopic (exact) mass is 240 g/mol. The van der Waals surface area contributed by atoms with E-state index in [1.807, 2.05) is 0 Å². The number of fused-ring (bicyclic) bond motifs is 1. The Morgan fingerprint density at radius 2 is 2.12 bits per heavy atom. The molecule has 16 heavy (non-hydrogen) atoms. The van der Waals surface area contributed by atoms with Crippen LogP contribution in [0.15, 0.2) is 23.1 Å². The summed E-state index contributed by atoms with van der Waals surface area (Å²) in [4.78, 5) is 7.15. The first-order chi connectivity index (χ1) is 7.39. The molecule has 0 spiro atoms. The summed E-state index contributed by atoms with van der Waals surface area (Å²) in [6.07, 6.45) is 0.387. The summed E-state index contributed by atoms with van der Waals surface area (Å²) in [5.74, 6) is 0.367. The zero-order valence-electron chi connectivity index (χ0n) is 8.93. The number of sulfone groups is 1. The molecule has 1 atom stereocenters. The van der Waals surface area contributed by atoms with Crippen LogP contribution in [-0.2, 0) is 9.84 Å². The summed E-state index contributed by atoms with van der Waals surface area (Å²) < 4.78 is 23.0. The molecule has 0 aliphatic heterocycles. The molecular weight excluding hydrogens is 228 g/mol. The van der Waals surface area contributed by atoms with Crippen LogP contribution in [0.1, 0.15) is 18.9 Å². The van der Waals surface area contributed by atoms with Crippen LogP contribution < -0.4 is 0 Å². The van der Waals surface area contributed by atoms with Gasteiger partial charge >= 0.3 is 0 Å². The minimum absolute atomic E-state index is 0.174. The minimum atomic E-state index is -3.31. The number of para-hydroxylation sites is 1. The first-order valence-corrected chi connectivity index (χ1v) is 6.65. The number of aromatic nitrogens is 2. The Labute approximate surface area is 93.1 Å². The van der Waals surface area contributed by atoms with Gasteiger partial charge in [-0.2, -0.15) is 0 Å². The SMILES string of the molecule is CC(O)c1nc2c(S(C)(=O)=O)cccc2[nH]1. The summed E-state index contributed by atoms with van der Waals surface area (Å²) in [5.41, 5.74) is 0.986. The normalized spacial score (nSPS) is 14.2. The van der Waals surface area contributed by atoms with Crippen LogP contribution in [0.25, 0.3) is 11.0 Å². The number of aromatic amines is 1. The Balaban J connectivity index is 2.78. The molecule has 0 aliphatic carbocycles. The Morgan fingerprint density at radius 3 is 2.69 bits per heavy atom. The fourth-order valence-electron chi connectivity index (χ4n) is 1.52. The van der Waals surface area contributed by atoms with Crippen LogP contribution in [-0.4, -0.2) is 29.7 Å². The molecule has 1 aromatic carbocycles. The third-order valence-electron chi connectivity index (χ3n) is 2.29. The van der Waals surface area contributed by atoms with E-state index in [2.05, 4.69) is 9.97 Å². The highest BCUT2D eigenvalue weighted by atomic mass is 32.2. The van der Waals surface area contributed by atoms with Crippen LogP contribution in [0, 0.1) is 0 Å². The van der Waals surface area contributed by atoms with Crippen molar-refractivity contribution in [1.82, 2.24) is 9.97 Å². The van der Waals surface area contributed by atoms with E-state index in [-0.39, 0.29) is 4.90 Å². The average Bonchev–Trinajstić information content (AvgIpc) is 2.58. The standard InChI is InChI=1S/C10H12N2O3S/c1-6(13)10-11-7-4-3-5-8(9(7)12-10)16(2,14)15/h3-6,13H,1-2H3,(H,11,12). The van der Waals surface area contributed by atoms with E-state index < -0.39 is 15.9 Å². The third kappa shape index (κ3) is 1.81. The molecule has 6 heteroatoms. The number of H-pyrrole nitrogens is 1. The zero-order chi connectivity index (χ0) is 11.9. The molecule has 0 saturated carbocycles. The number of hydrogen-bond acceptors (Lipinski definition) is 4. The highest BCUT2D eigenvalue weighted by Gasteiger charge is 2.16. The van der Waals surface area contributed by atoms with Crippen molar-refractivity contribution in [3.8, 4) is 0 Å². The Bertz CT molecular complexity index is 629. The van der Waals surface area contributed by atoms with E-state index in [0.29, 0.717) is 16.9 Å². The predicted molar refractivity (Wildman–Crippen MR) is 59.8 cm³/mol. The van der Waals surface area contributed by atoms with Gasteiger partial charge in [-0.3, -0.25) is 0 Å². The lowest BCUT2D eigenvalue weighted by atomic mass is 10.3. The maximum Gasteiger partial charge on any atom is 0.177 e. The number of aliphatic hydroxyl groups excluding tert-OH is 1. The smallest absolute Gasteiger partial charge is 0.177 e. The number of imidazole rings is 1. The lowest BCUT2D eigenvalue weighted by molar-refractivity contribution is 0.190. The van der Waals surface area contributed by atoms with Crippen molar-refractivity contribution in [1.29, 1.82) is 0 Å². The molecule has 0 bridgehead atoms. The number of nitrogens with zero attached hydrogens (tertiary/aromatic N) is 1. The lowest BCUT2D eigenvalue weighted by Crippen LogP contribution is -1.98. The maximum absolute atomic E-state index is 11.5. The van der Waals surface area contributed by atoms with Gasteiger partial charge in [0.1, 0.15) is 17.4 Å². The second kappa shape index (κ2) is 3.57. The van der Waals surface area contributed by atoms with Gasteiger partial charge in [-0.25, -0.2) is 13.4 Å². The van der Waals surface area contributed by atoms with Gasteiger partial charge < -0.3 is 10.1 Å². The first kappa shape index (κ1) is 11.1. The van der Waals surface area contributed by atoms with Crippen LogP contribution in [0.5, 0.6) is 0 Å². The molecular formula is C10H12N2O3S. The van der Waals surface area contributed by atoms with Crippen molar-refractivity contribution in [2.45, 2.75) is 17.9 Å².